The lowest BCUT2D eigenvalue weighted by atomic mass is 10.0. The number of hydrogen-bond acceptors (Lipinski definition) is 1. The fourth-order valence-electron chi connectivity index (χ4n) is 1.21. The third-order valence-corrected chi connectivity index (χ3v) is 2.10. The molecule has 1 rings (SSSR count). The van der Waals surface area contributed by atoms with Crippen molar-refractivity contribution in [1.82, 2.24) is 0 Å². The van der Waals surface area contributed by atoms with Crippen LogP contribution >= 0.6 is 0 Å². The van der Waals surface area contributed by atoms with Crippen molar-refractivity contribution < 1.29 is 4.39 Å². The fourth-order valence-corrected chi connectivity index (χ4v) is 1.21. The van der Waals surface area contributed by atoms with Crippen molar-refractivity contribution in [3.05, 3.63) is 34.9 Å². The fraction of sp³-hybridized carbons (Fsp3) is 0.364. The summed E-state index contributed by atoms with van der Waals surface area (Å²) in [4.78, 5) is 0. The molecule has 2 heteroatoms. The first kappa shape index (κ1) is 9.73. The molecule has 0 aromatic heterocycles. The van der Waals surface area contributed by atoms with E-state index in [4.69, 9.17) is 5.26 Å². The summed E-state index contributed by atoms with van der Waals surface area (Å²) in [7, 11) is 0. The van der Waals surface area contributed by atoms with Crippen molar-refractivity contribution >= 4 is 0 Å². The van der Waals surface area contributed by atoms with Crippen LogP contribution in [0.15, 0.2) is 18.2 Å². The van der Waals surface area contributed by atoms with Gasteiger partial charge in [0.25, 0.3) is 0 Å². The van der Waals surface area contributed by atoms with E-state index in [9.17, 15) is 4.39 Å². The molecule has 1 aromatic rings. The Labute approximate surface area is 77.8 Å². The number of benzene rings is 1. The Balaban J connectivity index is 3.05. The van der Waals surface area contributed by atoms with E-state index in [1.165, 1.54) is 6.92 Å². The van der Waals surface area contributed by atoms with Crippen molar-refractivity contribution in [2.45, 2.75) is 26.4 Å². The Morgan fingerprint density at radius 1 is 1.54 bits per heavy atom. The molecule has 0 N–H and O–H groups in total. The van der Waals surface area contributed by atoms with E-state index in [0.29, 0.717) is 12.0 Å². The molecule has 0 amide bonds. The van der Waals surface area contributed by atoms with Crippen LogP contribution in [-0.4, -0.2) is 0 Å². The van der Waals surface area contributed by atoms with Crippen molar-refractivity contribution in [2.24, 2.45) is 0 Å². The highest BCUT2D eigenvalue weighted by Crippen LogP contribution is 2.20. The van der Waals surface area contributed by atoms with Gasteiger partial charge in [-0.25, -0.2) is 4.39 Å². The highest BCUT2D eigenvalue weighted by atomic mass is 19.1. The van der Waals surface area contributed by atoms with Crippen molar-refractivity contribution in [2.75, 3.05) is 0 Å². The van der Waals surface area contributed by atoms with Crippen LogP contribution in [0.1, 0.15) is 29.8 Å². The van der Waals surface area contributed by atoms with E-state index in [2.05, 4.69) is 6.07 Å². The minimum absolute atomic E-state index is 0.354. The van der Waals surface area contributed by atoms with Crippen LogP contribution < -0.4 is 0 Å². The molecule has 0 radical (unpaired) electrons. The van der Waals surface area contributed by atoms with Gasteiger partial charge in [-0.3, -0.25) is 0 Å². The van der Waals surface area contributed by atoms with Crippen molar-refractivity contribution in [1.29, 1.82) is 5.26 Å². The lowest BCUT2D eigenvalue weighted by Gasteiger charge is -2.06. The lowest BCUT2D eigenvalue weighted by molar-refractivity contribution is 0.374. The van der Waals surface area contributed by atoms with Gasteiger partial charge in [-0.05, 0) is 30.5 Å². The molecular formula is C11H12FN. The minimum Gasteiger partial charge on any atom is -0.243 e. The summed E-state index contributed by atoms with van der Waals surface area (Å²) in [5.41, 5.74) is 2.62. The first-order chi connectivity index (χ1) is 6.15. The van der Waals surface area contributed by atoms with Crippen molar-refractivity contribution in [3.8, 4) is 6.07 Å². The normalized spacial score (nSPS) is 12.2. The van der Waals surface area contributed by atoms with Crippen molar-refractivity contribution in [3.63, 3.8) is 0 Å². The largest absolute Gasteiger partial charge is 0.243 e. The summed E-state index contributed by atoms with van der Waals surface area (Å²) in [5, 5.41) is 8.53. The molecule has 0 aliphatic heterocycles. The number of aryl methyl sites for hydroxylation is 1. The van der Waals surface area contributed by atoms with Gasteiger partial charge in [-0.1, -0.05) is 18.2 Å². The van der Waals surface area contributed by atoms with E-state index in [1.54, 1.807) is 12.1 Å². The summed E-state index contributed by atoms with van der Waals surface area (Å²) < 4.78 is 12.9. The average Bonchev–Trinajstić information content (AvgIpc) is 2.08. The summed E-state index contributed by atoms with van der Waals surface area (Å²) in [6.45, 7) is 3.43. The summed E-state index contributed by atoms with van der Waals surface area (Å²) in [5.74, 6) is 0. The predicted molar refractivity (Wildman–Crippen MR) is 50.0 cm³/mol. The van der Waals surface area contributed by atoms with Crippen LogP contribution in [0, 0.1) is 18.3 Å². The zero-order valence-corrected chi connectivity index (χ0v) is 7.84. The second-order valence-electron chi connectivity index (χ2n) is 3.14. The molecule has 0 aliphatic rings. The van der Waals surface area contributed by atoms with Gasteiger partial charge in [0.15, 0.2) is 0 Å². The number of nitrogens with zero attached hydrogens (tertiary/aromatic N) is 1. The number of rotatable bonds is 2. The Morgan fingerprint density at radius 2 is 2.23 bits per heavy atom. The zero-order valence-electron chi connectivity index (χ0n) is 7.84. The first-order valence-corrected chi connectivity index (χ1v) is 4.25. The molecule has 0 heterocycles. The maximum atomic E-state index is 12.9. The van der Waals surface area contributed by atoms with Gasteiger partial charge in [0, 0.05) is 0 Å². The molecule has 68 valence electrons. The minimum atomic E-state index is -0.960. The number of halogens is 1. The van der Waals surface area contributed by atoms with Gasteiger partial charge in [0.2, 0.25) is 0 Å². The number of hydrogen-bond donors (Lipinski definition) is 0. The predicted octanol–water partition coefficient (Wildman–Crippen LogP) is 3.09. The van der Waals surface area contributed by atoms with Crippen LogP contribution in [0.5, 0.6) is 0 Å². The van der Waals surface area contributed by atoms with Crippen LogP contribution in [0.3, 0.4) is 0 Å². The molecule has 1 atom stereocenters. The molecule has 0 saturated heterocycles. The van der Waals surface area contributed by atoms with E-state index < -0.39 is 6.17 Å². The number of alkyl halides is 1. The summed E-state index contributed by atoms with van der Waals surface area (Å²) in [6.07, 6.45) is -0.607. The van der Waals surface area contributed by atoms with E-state index in [1.807, 2.05) is 13.0 Å². The topological polar surface area (TPSA) is 23.8 Å². The molecule has 1 aromatic carbocycles. The monoisotopic (exact) mass is 177 g/mol. The Hall–Kier alpha value is -1.36. The number of nitriles is 1. The van der Waals surface area contributed by atoms with E-state index in [-0.39, 0.29) is 0 Å². The third kappa shape index (κ3) is 2.29. The van der Waals surface area contributed by atoms with Crippen LogP contribution in [0.2, 0.25) is 0 Å². The van der Waals surface area contributed by atoms with Crippen LogP contribution in [-0.2, 0) is 6.42 Å². The maximum absolute atomic E-state index is 12.9. The van der Waals surface area contributed by atoms with E-state index in [0.717, 1.165) is 11.1 Å². The molecule has 1 nitrogen and oxygen atoms in total. The molecular weight excluding hydrogens is 165 g/mol. The third-order valence-electron chi connectivity index (χ3n) is 2.10. The van der Waals surface area contributed by atoms with Gasteiger partial charge in [0.05, 0.1) is 12.5 Å². The van der Waals surface area contributed by atoms with Gasteiger partial charge in [-0.2, -0.15) is 5.26 Å². The molecule has 0 spiro atoms. The summed E-state index contributed by atoms with van der Waals surface area (Å²) in [6, 6.07) is 7.46. The van der Waals surface area contributed by atoms with Crippen LogP contribution in [0.4, 0.5) is 4.39 Å². The SMILES string of the molecule is Cc1ccc(C(C)F)cc1CC#N. The molecule has 13 heavy (non-hydrogen) atoms. The summed E-state index contributed by atoms with van der Waals surface area (Å²) >= 11 is 0. The van der Waals surface area contributed by atoms with Gasteiger partial charge >= 0.3 is 0 Å². The Kier molecular flexibility index (Phi) is 3.02. The highest BCUT2D eigenvalue weighted by Gasteiger charge is 2.05. The lowest BCUT2D eigenvalue weighted by Crippen LogP contribution is -1.92. The van der Waals surface area contributed by atoms with Gasteiger partial charge in [-0.15, -0.1) is 0 Å². The van der Waals surface area contributed by atoms with E-state index >= 15 is 0 Å². The molecule has 0 bridgehead atoms. The smallest absolute Gasteiger partial charge is 0.122 e. The van der Waals surface area contributed by atoms with Gasteiger partial charge in [0.1, 0.15) is 6.17 Å². The van der Waals surface area contributed by atoms with Crippen LogP contribution in [0.25, 0.3) is 0 Å². The molecule has 0 aliphatic carbocycles. The standard InChI is InChI=1S/C11H12FN/c1-8-3-4-11(9(2)12)7-10(8)5-6-13/h3-4,7,9H,5H2,1-2H3. The average molecular weight is 177 g/mol. The second-order valence-corrected chi connectivity index (χ2v) is 3.14. The van der Waals surface area contributed by atoms with Gasteiger partial charge < -0.3 is 0 Å². The molecule has 0 fully saturated rings. The second kappa shape index (κ2) is 4.04. The zero-order chi connectivity index (χ0) is 9.84. The first-order valence-electron chi connectivity index (χ1n) is 4.25. The maximum Gasteiger partial charge on any atom is 0.122 e. The highest BCUT2D eigenvalue weighted by molar-refractivity contribution is 5.33. The molecule has 0 saturated carbocycles. The quantitative estimate of drug-likeness (QED) is 0.681. The molecule has 1 unspecified atom stereocenters. The Morgan fingerprint density at radius 3 is 2.77 bits per heavy atom. The Bertz CT molecular complexity index is 336.